The second-order valence-corrected chi connectivity index (χ2v) is 4.61. The molecule has 5 heteroatoms. The fraction of sp³-hybridized carbons (Fsp3) is 0.533. The standard InChI is InChI=1S/C15H24N2O3/c1-17(10-3-9-16)15(18)8-11-20-12-13-4-6-14(19-2)7-5-13/h4-7H,3,8-12,16H2,1-2H3. The van der Waals surface area contributed by atoms with Gasteiger partial charge in [0.25, 0.3) is 0 Å². The molecule has 0 spiro atoms. The molecule has 5 nitrogen and oxygen atoms in total. The maximum atomic E-state index is 11.7. The molecule has 0 fully saturated rings. The van der Waals surface area contributed by atoms with Crippen molar-refractivity contribution >= 4 is 5.91 Å². The predicted molar refractivity (Wildman–Crippen MR) is 78.6 cm³/mol. The minimum Gasteiger partial charge on any atom is -0.497 e. The Morgan fingerprint density at radius 1 is 1.30 bits per heavy atom. The van der Waals surface area contributed by atoms with Crippen molar-refractivity contribution < 1.29 is 14.3 Å². The van der Waals surface area contributed by atoms with Crippen molar-refractivity contribution in [3.8, 4) is 5.75 Å². The molecule has 1 amide bonds. The molecular formula is C15H24N2O3. The third-order valence-electron chi connectivity index (χ3n) is 3.01. The summed E-state index contributed by atoms with van der Waals surface area (Å²) >= 11 is 0. The summed E-state index contributed by atoms with van der Waals surface area (Å²) in [4.78, 5) is 13.4. The number of hydrogen-bond donors (Lipinski definition) is 1. The average molecular weight is 280 g/mol. The number of benzene rings is 1. The van der Waals surface area contributed by atoms with Crippen LogP contribution < -0.4 is 10.5 Å². The summed E-state index contributed by atoms with van der Waals surface area (Å²) in [6.45, 7) is 2.24. The first kappa shape index (κ1) is 16.5. The van der Waals surface area contributed by atoms with E-state index in [9.17, 15) is 4.79 Å². The Hall–Kier alpha value is -1.59. The Labute approximate surface area is 120 Å². The summed E-state index contributed by atoms with van der Waals surface area (Å²) in [5, 5.41) is 0. The van der Waals surface area contributed by atoms with Crippen molar-refractivity contribution in [3.05, 3.63) is 29.8 Å². The molecule has 112 valence electrons. The molecule has 0 aliphatic carbocycles. The highest BCUT2D eigenvalue weighted by atomic mass is 16.5. The summed E-state index contributed by atoms with van der Waals surface area (Å²) in [6, 6.07) is 7.69. The van der Waals surface area contributed by atoms with Gasteiger partial charge in [0.1, 0.15) is 5.75 Å². The molecule has 0 atom stereocenters. The Bertz CT molecular complexity index is 393. The Balaban J connectivity index is 2.18. The van der Waals surface area contributed by atoms with E-state index in [-0.39, 0.29) is 5.91 Å². The maximum absolute atomic E-state index is 11.7. The molecule has 20 heavy (non-hydrogen) atoms. The quantitative estimate of drug-likeness (QED) is 0.695. The number of nitrogens with two attached hydrogens (primary N) is 1. The molecule has 1 aromatic rings. The monoisotopic (exact) mass is 280 g/mol. The molecule has 1 aromatic carbocycles. The van der Waals surface area contributed by atoms with Gasteiger partial charge in [-0.15, -0.1) is 0 Å². The van der Waals surface area contributed by atoms with Crippen LogP contribution in [0.15, 0.2) is 24.3 Å². The Kier molecular flexibility index (Phi) is 7.69. The molecule has 0 saturated heterocycles. The number of carbonyl (C=O) groups is 1. The van der Waals surface area contributed by atoms with E-state index in [1.807, 2.05) is 24.3 Å². The van der Waals surface area contributed by atoms with Gasteiger partial charge in [-0.05, 0) is 30.7 Å². The summed E-state index contributed by atoms with van der Waals surface area (Å²) < 4.78 is 10.6. The fourth-order valence-electron chi connectivity index (χ4n) is 1.72. The number of rotatable bonds is 9. The van der Waals surface area contributed by atoms with Crippen molar-refractivity contribution in [3.63, 3.8) is 0 Å². The average Bonchev–Trinajstić information content (AvgIpc) is 2.49. The van der Waals surface area contributed by atoms with Crippen LogP contribution in [0.3, 0.4) is 0 Å². The first-order chi connectivity index (χ1) is 9.67. The van der Waals surface area contributed by atoms with Gasteiger partial charge in [0, 0.05) is 13.6 Å². The summed E-state index contributed by atoms with van der Waals surface area (Å²) in [6.07, 6.45) is 1.23. The lowest BCUT2D eigenvalue weighted by Gasteiger charge is -2.16. The normalized spacial score (nSPS) is 10.3. The zero-order valence-corrected chi connectivity index (χ0v) is 12.3. The van der Waals surface area contributed by atoms with Crippen LogP contribution >= 0.6 is 0 Å². The Morgan fingerprint density at radius 3 is 2.60 bits per heavy atom. The van der Waals surface area contributed by atoms with Crippen molar-refractivity contribution in [2.45, 2.75) is 19.4 Å². The van der Waals surface area contributed by atoms with E-state index >= 15 is 0 Å². The third kappa shape index (κ3) is 6.04. The molecule has 0 aromatic heterocycles. The molecule has 0 radical (unpaired) electrons. The number of nitrogens with zero attached hydrogens (tertiary/aromatic N) is 1. The molecular weight excluding hydrogens is 256 g/mol. The largest absolute Gasteiger partial charge is 0.497 e. The first-order valence-electron chi connectivity index (χ1n) is 6.82. The van der Waals surface area contributed by atoms with Crippen LogP contribution in [-0.2, 0) is 16.1 Å². The smallest absolute Gasteiger partial charge is 0.224 e. The third-order valence-corrected chi connectivity index (χ3v) is 3.01. The minimum atomic E-state index is 0.0909. The summed E-state index contributed by atoms with van der Waals surface area (Å²) in [5.74, 6) is 0.915. The predicted octanol–water partition coefficient (Wildman–Crippen LogP) is 1.41. The SMILES string of the molecule is COc1ccc(COCCC(=O)N(C)CCCN)cc1. The van der Waals surface area contributed by atoms with E-state index in [4.69, 9.17) is 15.2 Å². The number of ether oxygens (including phenoxy) is 2. The molecule has 2 N–H and O–H groups in total. The van der Waals surface area contributed by atoms with Crippen LogP contribution in [0.1, 0.15) is 18.4 Å². The maximum Gasteiger partial charge on any atom is 0.224 e. The van der Waals surface area contributed by atoms with E-state index < -0.39 is 0 Å². The van der Waals surface area contributed by atoms with Crippen LogP contribution in [0.2, 0.25) is 0 Å². The Morgan fingerprint density at radius 2 is 2.00 bits per heavy atom. The molecule has 0 saturated carbocycles. The van der Waals surface area contributed by atoms with Crippen molar-refractivity contribution in [2.24, 2.45) is 5.73 Å². The lowest BCUT2D eigenvalue weighted by Crippen LogP contribution is -2.29. The number of carbonyl (C=O) groups excluding carboxylic acids is 1. The van der Waals surface area contributed by atoms with E-state index in [0.717, 1.165) is 17.7 Å². The van der Waals surface area contributed by atoms with E-state index in [1.165, 1.54) is 0 Å². The highest BCUT2D eigenvalue weighted by Crippen LogP contribution is 2.11. The first-order valence-corrected chi connectivity index (χ1v) is 6.82. The van der Waals surface area contributed by atoms with Gasteiger partial charge in [0.15, 0.2) is 0 Å². The highest BCUT2D eigenvalue weighted by molar-refractivity contribution is 5.75. The molecule has 0 bridgehead atoms. The molecule has 0 aliphatic rings. The second-order valence-electron chi connectivity index (χ2n) is 4.61. The zero-order chi connectivity index (χ0) is 14.8. The van der Waals surface area contributed by atoms with Gasteiger partial charge in [0.05, 0.1) is 26.7 Å². The van der Waals surface area contributed by atoms with Gasteiger partial charge in [-0.3, -0.25) is 4.79 Å². The molecule has 0 aliphatic heterocycles. The van der Waals surface area contributed by atoms with Gasteiger partial charge in [-0.1, -0.05) is 12.1 Å². The van der Waals surface area contributed by atoms with Crippen LogP contribution in [0.25, 0.3) is 0 Å². The second kappa shape index (κ2) is 9.34. The fourth-order valence-corrected chi connectivity index (χ4v) is 1.72. The topological polar surface area (TPSA) is 64.8 Å². The molecule has 0 heterocycles. The lowest BCUT2D eigenvalue weighted by atomic mass is 10.2. The lowest BCUT2D eigenvalue weighted by molar-refractivity contribution is -0.131. The number of amides is 1. The highest BCUT2D eigenvalue weighted by Gasteiger charge is 2.07. The summed E-state index contributed by atoms with van der Waals surface area (Å²) in [7, 11) is 3.43. The van der Waals surface area contributed by atoms with Gasteiger partial charge in [-0.2, -0.15) is 0 Å². The van der Waals surface area contributed by atoms with Crippen LogP contribution in [-0.4, -0.2) is 44.7 Å². The van der Waals surface area contributed by atoms with Crippen LogP contribution in [0, 0.1) is 0 Å². The van der Waals surface area contributed by atoms with E-state index in [1.54, 1.807) is 19.1 Å². The van der Waals surface area contributed by atoms with Crippen molar-refractivity contribution in [1.82, 2.24) is 4.90 Å². The molecule has 0 unspecified atom stereocenters. The van der Waals surface area contributed by atoms with Gasteiger partial charge in [-0.25, -0.2) is 0 Å². The van der Waals surface area contributed by atoms with Crippen LogP contribution in [0.5, 0.6) is 5.75 Å². The van der Waals surface area contributed by atoms with E-state index in [2.05, 4.69) is 0 Å². The summed E-state index contributed by atoms with van der Waals surface area (Å²) in [5.41, 5.74) is 6.48. The van der Waals surface area contributed by atoms with Crippen molar-refractivity contribution in [1.29, 1.82) is 0 Å². The van der Waals surface area contributed by atoms with Gasteiger partial charge < -0.3 is 20.1 Å². The minimum absolute atomic E-state index is 0.0909. The molecule has 1 rings (SSSR count). The van der Waals surface area contributed by atoms with Gasteiger partial charge in [0.2, 0.25) is 5.91 Å². The van der Waals surface area contributed by atoms with Crippen molar-refractivity contribution in [2.75, 3.05) is 33.9 Å². The number of methoxy groups -OCH3 is 1. The number of hydrogen-bond acceptors (Lipinski definition) is 4. The van der Waals surface area contributed by atoms with E-state index in [0.29, 0.717) is 32.7 Å². The van der Waals surface area contributed by atoms with Gasteiger partial charge >= 0.3 is 0 Å². The van der Waals surface area contributed by atoms with Crippen LogP contribution in [0.4, 0.5) is 0 Å². The zero-order valence-electron chi connectivity index (χ0n) is 12.3.